The zero-order chi connectivity index (χ0) is 16.7. The fraction of sp³-hybridized carbons (Fsp3) is 0.412. The summed E-state index contributed by atoms with van der Waals surface area (Å²) in [7, 11) is 1.66. The number of aryl methyl sites for hydroxylation is 1. The highest BCUT2D eigenvalue weighted by Gasteiger charge is 2.26. The van der Waals surface area contributed by atoms with E-state index in [1.807, 2.05) is 18.2 Å². The molecule has 0 aliphatic heterocycles. The summed E-state index contributed by atoms with van der Waals surface area (Å²) in [5, 5.41) is 17.5. The summed E-state index contributed by atoms with van der Waals surface area (Å²) >= 11 is 0. The number of methoxy groups -OCH3 is 1. The number of benzene rings is 1. The molecule has 2 N–H and O–H groups in total. The topological polar surface area (TPSA) is 76.4 Å². The van der Waals surface area contributed by atoms with Crippen molar-refractivity contribution in [2.45, 2.75) is 31.9 Å². The third kappa shape index (κ3) is 5.19. The van der Waals surface area contributed by atoms with E-state index in [9.17, 15) is 9.90 Å². The van der Waals surface area contributed by atoms with Crippen molar-refractivity contribution >= 4 is 11.7 Å². The number of nitrogens with zero attached hydrogens (tertiary/aromatic N) is 2. The summed E-state index contributed by atoms with van der Waals surface area (Å²) in [5.74, 6) is 0.206. The average molecular weight is 317 g/mol. The van der Waals surface area contributed by atoms with E-state index in [0.717, 1.165) is 13.0 Å². The van der Waals surface area contributed by atoms with Gasteiger partial charge in [-0.3, -0.25) is 9.48 Å². The van der Waals surface area contributed by atoms with Crippen molar-refractivity contribution in [3.05, 3.63) is 48.2 Å². The second-order valence-electron chi connectivity index (χ2n) is 5.68. The molecule has 2 rings (SSSR count). The van der Waals surface area contributed by atoms with Gasteiger partial charge in [-0.25, -0.2) is 0 Å². The van der Waals surface area contributed by atoms with Gasteiger partial charge in [0.15, 0.2) is 5.82 Å². The van der Waals surface area contributed by atoms with Crippen LogP contribution in [0, 0.1) is 0 Å². The van der Waals surface area contributed by atoms with Gasteiger partial charge < -0.3 is 15.2 Å². The second kappa shape index (κ2) is 7.89. The van der Waals surface area contributed by atoms with E-state index in [1.165, 1.54) is 0 Å². The average Bonchev–Trinajstić information content (AvgIpc) is 2.95. The molecule has 1 atom stereocenters. The summed E-state index contributed by atoms with van der Waals surface area (Å²) in [6, 6.07) is 10.9. The minimum Gasteiger partial charge on any atom is -0.385 e. The highest BCUT2D eigenvalue weighted by molar-refractivity contribution is 5.90. The number of aromatic nitrogens is 2. The molecule has 1 aromatic carbocycles. The maximum Gasteiger partial charge on any atom is 0.228 e. The zero-order valence-corrected chi connectivity index (χ0v) is 13.5. The second-order valence-corrected chi connectivity index (χ2v) is 5.68. The third-order valence-corrected chi connectivity index (χ3v) is 3.54. The van der Waals surface area contributed by atoms with Gasteiger partial charge in [0.05, 0.1) is 12.0 Å². The Labute approximate surface area is 136 Å². The molecular formula is C17H23N3O3. The Morgan fingerprint density at radius 2 is 2.09 bits per heavy atom. The maximum atomic E-state index is 12.1. The van der Waals surface area contributed by atoms with Crippen LogP contribution in [0.15, 0.2) is 42.6 Å². The number of amides is 1. The largest absolute Gasteiger partial charge is 0.385 e. The lowest BCUT2D eigenvalue weighted by molar-refractivity contribution is -0.120. The third-order valence-electron chi connectivity index (χ3n) is 3.54. The Morgan fingerprint density at radius 1 is 1.35 bits per heavy atom. The zero-order valence-electron chi connectivity index (χ0n) is 13.5. The lowest BCUT2D eigenvalue weighted by atomic mass is 9.92. The number of nitrogens with one attached hydrogen (secondary N) is 1. The molecule has 0 aliphatic rings. The molecule has 1 amide bonds. The number of anilines is 1. The van der Waals surface area contributed by atoms with Crippen molar-refractivity contribution in [3.63, 3.8) is 0 Å². The Balaban J connectivity index is 1.89. The fourth-order valence-corrected chi connectivity index (χ4v) is 2.32. The monoisotopic (exact) mass is 317 g/mol. The molecule has 0 radical (unpaired) electrons. The molecule has 1 unspecified atom stereocenters. The smallest absolute Gasteiger partial charge is 0.228 e. The molecule has 0 bridgehead atoms. The van der Waals surface area contributed by atoms with Crippen molar-refractivity contribution in [3.8, 4) is 0 Å². The quantitative estimate of drug-likeness (QED) is 0.732. The number of hydrogen-bond donors (Lipinski definition) is 2. The van der Waals surface area contributed by atoms with Gasteiger partial charge in [-0.05, 0) is 18.9 Å². The van der Waals surface area contributed by atoms with E-state index in [-0.39, 0.29) is 12.3 Å². The molecule has 0 aliphatic carbocycles. The van der Waals surface area contributed by atoms with Gasteiger partial charge >= 0.3 is 0 Å². The lowest BCUT2D eigenvalue weighted by Gasteiger charge is -2.22. The molecule has 1 heterocycles. The van der Waals surface area contributed by atoms with Gasteiger partial charge in [0.25, 0.3) is 0 Å². The molecule has 124 valence electrons. The standard InChI is InChI=1S/C17H23N3O3/c1-17(22,14-7-4-3-5-8-14)13-16(21)18-15-9-11-20(19-15)10-6-12-23-2/h3-5,7-9,11,22H,6,10,12-13H2,1-2H3,(H,18,19,21). The highest BCUT2D eigenvalue weighted by Crippen LogP contribution is 2.24. The van der Waals surface area contributed by atoms with E-state index in [1.54, 1.807) is 43.1 Å². The van der Waals surface area contributed by atoms with Crippen LogP contribution in [-0.2, 0) is 21.7 Å². The van der Waals surface area contributed by atoms with Crippen LogP contribution in [0.1, 0.15) is 25.3 Å². The number of carbonyl (C=O) groups excluding carboxylic acids is 1. The number of rotatable bonds is 8. The minimum absolute atomic E-state index is 0.0342. The molecule has 23 heavy (non-hydrogen) atoms. The Morgan fingerprint density at radius 3 is 2.78 bits per heavy atom. The van der Waals surface area contributed by atoms with E-state index in [4.69, 9.17) is 4.74 Å². The Kier molecular flexibility index (Phi) is 5.90. The maximum absolute atomic E-state index is 12.1. The first-order valence-corrected chi connectivity index (χ1v) is 7.61. The number of carbonyl (C=O) groups is 1. The first-order chi connectivity index (χ1) is 11.0. The van der Waals surface area contributed by atoms with Crippen LogP contribution in [-0.4, -0.2) is 34.5 Å². The fourth-order valence-electron chi connectivity index (χ4n) is 2.32. The van der Waals surface area contributed by atoms with E-state index < -0.39 is 5.60 Å². The molecule has 0 saturated heterocycles. The molecule has 0 fully saturated rings. The van der Waals surface area contributed by atoms with Crippen LogP contribution in [0.5, 0.6) is 0 Å². The van der Waals surface area contributed by atoms with Crippen LogP contribution in [0.4, 0.5) is 5.82 Å². The van der Waals surface area contributed by atoms with Gasteiger partial charge in [0.2, 0.25) is 5.91 Å². The van der Waals surface area contributed by atoms with Gasteiger partial charge in [-0.2, -0.15) is 5.10 Å². The van der Waals surface area contributed by atoms with Crippen LogP contribution in [0.3, 0.4) is 0 Å². The van der Waals surface area contributed by atoms with E-state index in [0.29, 0.717) is 18.0 Å². The van der Waals surface area contributed by atoms with E-state index in [2.05, 4.69) is 10.4 Å². The van der Waals surface area contributed by atoms with Gasteiger partial charge in [-0.1, -0.05) is 30.3 Å². The van der Waals surface area contributed by atoms with Crippen LogP contribution < -0.4 is 5.32 Å². The molecule has 0 spiro atoms. The molecule has 6 heteroatoms. The van der Waals surface area contributed by atoms with Crippen molar-refractivity contribution < 1.29 is 14.6 Å². The molecular weight excluding hydrogens is 294 g/mol. The highest BCUT2D eigenvalue weighted by atomic mass is 16.5. The molecule has 1 aromatic heterocycles. The van der Waals surface area contributed by atoms with Crippen molar-refractivity contribution in [1.29, 1.82) is 0 Å². The molecule has 0 saturated carbocycles. The predicted molar refractivity (Wildman–Crippen MR) is 88.0 cm³/mol. The summed E-state index contributed by atoms with van der Waals surface area (Å²) in [4.78, 5) is 12.1. The molecule has 2 aromatic rings. The number of hydrogen-bond acceptors (Lipinski definition) is 4. The number of ether oxygens (including phenoxy) is 1. The minimum atomic E-state index is -1.22. The Bertz CT molecular complexity index is 623. The first-order valence-electron chi connectivity index (χ1n) is 7.61. The van der Waals surface area contributed by atoms with E-state index >= 15 is 0 Å². The SMILES string of the molecule is COCCCn1ccc(NC(=O)CC(C)(O)c2ccccc2)n1. The summed E-state index contributed by atoms with van der Waals surface area (Å²) < 4.78 is 6.75. The van der Waals surface area contributed by atoms with Crippen LogP contribution in [0.2, 0.25) is 0 Å². The predicted octanol–water partition coefficient (Wildman–Crippen LogP) is 2.16. The first kappa shape index (κ1) is 17.2. The number of aliphatic hydroxyl groups is 1. The summed E-state index contributed by atoms with van der Waals surface area (Å²) in [6.07, 6.45) is 2.63. The molecule has 6 nitrogen and oxygen atoms in total. The van der Waals surface area contributed by atoms with Crippen molar-refractivity contribution in [2.75, 3.05) is 19.0 Å². The van der Waals surface area contributed by atoms with Crippen LogP contribution >= 0.6 is 0 Å². The normalized spacial score (nSPS) is 13.5. The van der Waals surface area contributed by atoms with Crippen molar-refractivity contribution in [2.24, 2.45) is 0 Å². The van der Waals surface area contributed by atoms with Crippen molar-refractivity contribution in [1.82, 2.24) is 9.78 Å². The van der Waals surface area contributed by atoms with Crippen LogP contribution in [0.25, 0.3) is 0 Å². The summed E-state index contributed by atoms with van der Waals surface area (Å²) in [5.41, 5.74) is -0.507. The Hall–Kier alpha value is -2.18. The van der Waals surface area contributed by atoms with Gasteiger partial charge in [0, 0.05) is 32.5 Å². The van der Waals surface area contributed by atoms with Gasteiger partial charge in [0.1, 0.15) is 0 Å². The van der Waals surface area contributed by atoms with Gasteiger partial charge in [-0.15, -0.1) is 0 Å². The summed E-state index contributed by atoms with van der Waals surface area (Å²) in [6.45, 7) is 3.03. The lowest BCUT2D eigenvalue weighted by Crippen LogP contribution is -2.28.